The molecule has 0 radical (unpaired) electrons. The van der Waals surface area contributed by atoms with E-state index >= 15 is 0 Å². The first-order chi connectivity index (χ1) is 8.35. The van der Waals surface area contributed by atoms with Crippen molar-refractivity contribution in [2.75, 3.05) is 13.6 Å². The van der Waals surface area contributed by atoms with Crippen LogP contribution in [-0.2, 0) is 11.2 Å². The lowest BCUT2D eigenvalue weighted by Gasteiger charge is -2.31. The molecular formula is C12H18N2O4. The summed E-state index contributed by atoms with van der Waals surface area (Å²) in [7, 11) is 1.45. The number of nitrogens with zero attached hydrogens (tertiary/aromatic N) is 1. The van der Waals surface area contributed by atoms with E-state index in [1.165, 1.54) is 20.9 Å². The van der Waals surface area contributed by atoms with Crippen molar-refractivity contribution in [2.24, 2.45) is 0 Å². The molecule has 0 aromatic carbocycles. The molecular weight excluding hydrogens is 236 g/mol. The summed E-state index contributed by atoms with van der Waals surface area (Å²) in [6.45, 7) is 3.34. The van der Waals surface area contributed by atoms with Crippen molar-refractivity contribution >= 4 is 12.0 Å². The molecule has 1 heterocycles. The van der Waals surface area contributed by atoms with E-state index in [-0.39, 0.29) is 0 Å². The van der Waals surface area contributed by atoms with Gasteiger partial charge in [0.1, 0.15) is 11.3 Å². The monoisotopic (exact) mass is 254 g/mol. The standard InChI is InChI=1S/C12H18N2O4/c1-12(2,10(15)16)14(3)11(17)13-7-6-9-5-4-8-18-9/h4-5,8H,6-7H2,1-3H3,(H,13,17)(H,15,16). The number of hydrogen-bond donors (Lipinski definition) is 2. The average Bonchev–Trinajstić information content (AvgIpc) is 2.80. The summed E-state index contributed by atoms with van der Waals surface area (Å²) in [6.07, 6.45) is 2.14. The summed E-state index contributed by atoms with van der Waals surface area (Å²) < 4.78 is 5.12. The fourth-order valence-electron chi connectivity index (χ4n) is 1.26. The lowest BCUT2D eigenvalue weighted by molar-refractivity contribution is -0.146. The van der Waals surface area contributed by atoms with Crippen LogP contribution in [0.15, 0.2) is 22.8 Å². The van der Waals surface area contributed by atoms with Crippen LogP contribution in [-0.4, -0.2) is 41.1 Å². The summed E-state index contributed by atoms with van der Waals surface area (Å²) in [6, 6.07) is 3.17. The lowest BCUT2D eigenvalue weighted by atomic mass is 10.1. The molecule has 1 aromatic heterocycles. The molecule has 0 spiro atoms. The van der Waals surface area contributed by atoms with Crippen LogP contribution >= 0.6 is 0 Å². The molecule has 1 rings (SSSR count). The topological polar surface area (TPSA) is 82.8 Å². The first-order valence-corrected chi connectivity index (χ1v) is 5.63. The Hall–Kier alpha value is -1.98. The molecule has 6 nitrogen and oxygen atoms in total. The normalized spacial score (nSPS) is 11.1. The number of nitrogens with one attached hydrogen (secondary N) is 1. The Labute approximate surface area is 106 Å². The molecule has 0 bridgehead atoms. The van der Waals surface area contributed by atoms with Gasteiger partial charge in [-0.3, -0.25) is 0 Å². The molecule has 18 heavy (non-hydrogen) atoms. The molecule has 2 N–H and O–H groups in total. The Kier molecular flexibility index (Phi) is 4.36. The number of urea groups is 1. The van der Waals surface area contributed by atoms with Gasteiger partial charge in [-0.05, 0) is 26.0 Å². The van der Waals surface area contributed by atoms with Gasteiger partial charge in [-0.15, -0.1) is 0 Å². The fraction of sp³-hybridized carbons (Fsp3) is 0.500. The number of furan rings is 1. The van der Waals surface area contributed by atoms with Crippen LogP contribution < -0.4 is 5.32 Å². The number of rotatable bonds is 5. The van der Waals surface area contributed by atoms with Crippen molar-refractivity contribution < 1.29 is 19.1 Å². The maximum absolute atomic E-state index is 11.7. The van der Waals surface area contributed by atoms with Crippen molar-refractivity contribution in [1.29, 1.82) is 0 Å². The van der Waals surface area contributed by atoms with Crippen LogP contribution in [0, 0.1) is 0 Å². The lowest BCUT2D eigenvalue weighted by Crippen LogP contribution is -2.54. The highest BCUT2D eigenvalue weighted by Gasteiger charge is 2.35. The number of carboxylic acid groups (broad SMARTS) is 1. The summed E-state index contributed by atoms with van der Waals surface area (Å²) in [5.41, 5.74) is -1.24. The quantitative estimate of drug-likeness (QED) is 0.830. The summed E-state index contributed by atoms with van der Waals surface area (Å²) in [5, 5.41) is 11.6. The molecule has 0 aliphatic rings. The highest BCUT2D eigenvalue weighted by molar-refractivity contribution is 5.85. The van der Waals surface area contributed by atoms with E-state index in [0.29, 0.717) is 13.0 Å². The number of amides is 2. The molecule has 1 aromatic rings. The van der Waals surface area contributed by atoms with E-state index in [9.17, 15) is 9.59 Å². The third kappa shape index (κ3) is 3.26. The maximum Gasteiger partial charge on any atom is 0.329 e. The van der Waals surface area contributed by atoms with Crippen LogP contribution in [0.4, 0.5) is 4.79 Å². The predicted octanol–water partition coefficient (Wildman–Crippen LogP) is 1.33. The molecule has 100 valence electrons. The van der Waals surface area contributed by atoms with Gasteiger partial charge in [0.15, 0.2) is 0 Å². The largest absolute Gasteiger partial charge is 0.480 e. The van der Waals surface area contributed by atoms with Crippen molar-refractivity contribution in [3.63, 3.8) is 0 Å². The third-order valence-corrected chi connectivity index (χ3v) is 2.89. The van der Waals surface area contributed by atoms with Gasteiger partial charge in [-0.1, -0.05) is 0 Å². The summed E-state index contributed by atoms with van der Waals surface area (Å²) in [4.78, 5) is 23.9. The summed E-state index contributed by atoms with van der Waals surface area (Å²) >= 11 is 0. The minimum atomic E-state index is -1.24. The van der Waals surface area contributed by atoms with Gasteiger partial charge in [0.2, 0.25) is 0 Å². The van der Waals surface area contributed by atoms with Crippen molar-refractivity contribution in [2.45, 2.75) is 25.8 Å². The van der Waals surface area contributed by atoms with Gasteiger partial charge in [0.05, 0.1) is 6.26 Å². The zero-order valence-corrected chi connectivity index (χ0v) is 10.8. The Morgan fingerprint density at radius 1 is 1.50 bits per heavy atom. The number of carbonyl (C=O) groups excluding carboxylic acids is 1. The zero-order chi connectivity index (χ0) is 13.8. The molecule has 0 aliphatic carbocycles. The van der Waals surface area contributed by atoms with E-state index in [4.69, 9.17) is 9.52 Å². The van der Waals surface area contributed by atoms with E-state index in [1.54, 1.807) is 12.3 Å². The Morgan fingerprint density at radius 2 is 2.17 bits per heavy atom. The second-order valence-corrected chi connectivity index (χ2v) is 4.48. The Bertz CT molecular complexity index is 412. The molecule has 2 amide bonds. The first kappa shape index (κ1) is 14.1. The first-order valence-electron chi connectivity index (χ1n) is 5.63. The molecule has 0 unspecified atom stereocenters. The Balaban J connectivity index is 2.43. The van der Waals surface area contributed by atoms with E-state index in [0.717, 1.165) is 10.7 Å². The highest BCUT2D eigenvalue weighted by atomic mass is 16.4. The van der Waals surface area contributed by atoms with Crippen molar-refractivity contribution in [3.05, 3.63) is 24.2 Å². The molecule has 0 fully saturated rings. The van der Waals surface area contributed by atoms with Crippen LogP contribution in [0.2, 0.25) is 0 Å². The van der Waals surface area contributed by atoms with E-state index < -0.39 is 17.5 Å². The van der Waals surface area contributed by atoms with Gasteiger partial charge < -0.3 is 19.7 Å². The van der Waals surface area contributed by atoms with Crippen molar-refractivity contribution in [3.8, 4) is 0 Å². The minimum Gasteiger partial charge on any atom is -0.480 e. The minimum absolute atomic E-state index is 0.395. The highest BCUT2D eigenvalue weighted by Crippen LogP contribution is 2.12. The Morgan fingerprint density at radius 3 is 2.67 bits per heavy atom. The van der Waals surface area contributed by atoms with Gasteiger partial charge in [0.25, 0.3) is 0 Å². The zero-order valence-electron chi connectivity index (χ0n) is 10.8. The second kappa shape index (κ2) is 5.57. The van der Waals surface area contributed by atoms with E-state index in [2.05, 4.69) is 5.32 Å². The van der Waals surface area contributed by atoms with Gasteiger partial charge in [-0.25, -0.2) is 9.59 Å². The van der Waals surface area contributed by atoms with Crippen LogP contribution in [0.5, 0.6) is 0 Å². The van der Waals surface area contributed by atoms with Gasteiger partial charge in [-0.2, -0.15) is 0 Å². The van der Waals surface area contributed by atoms with Gasteiger partial charge >= 0.3 is 12.0 Å². The second-order valence-electron chi connectivity index (χ2n) is 4.48. The molecule has 0 atom stereocenters. The smallest absolute Gasteiger partial charge is 0.329 e. The average molecular weight is 254 g/mol. The van der Waals surface area contributed by atoms with Gasteiger partial charge in [0, 0.05) is 20.0 Å². The SMILES string of the molecule is CN(C(=O)NCCc1ccco1)C(C)(C)C(=O)O. The van der Waals surface area contributed by atoms with Crippen LogP contribution in [0.1, 0.15) is 19.6 Å². The predicted molar refractivity (Wildman–Crippen MR) is 65.3 cm³/mol. The fourth-order valence-corrected chi connectivity index (χ4v) is 1.26. The van der Waals surface area contributed by atoms with E-state index in [1.807, 2.05) is 6.07 Å². The number of hydrogen-bond acceptors (Lipinski definition) is 3. The number of aliphatic carboxylic acids is 1. The molecule has 0 saturated carbocycles. The van der Waals surface area contributed by atoms with Crippen LogP contribution in [0.3, 0.4) is 0 Å². The van der Waals surface area contributed by atoms with Crippen molar-refractivity contribution in [1.82, 2.24) is 10.2 Å². The summed E-state index contributed by atoms with van der Waals surface area (Å²) in [5.74, 6) is -0.276. The number of carbonyl (C=O) groups is 2. The number of likely N-dealkylation sites (N-methyl/N-ethyl adjacent to an activating group) is 1. The molecule has 6 heteroatoms. The number of carboxylic acids is 1. The van der Waals surface area contributed by atoms with Crippen LogP contribution in [0.25, 0.3) is 0 Å². The maximum atomic E-state index is 11.7. The third-order valence-electron chi connectivity index (χ3n) is 2.89. The molecule has 0 aliphatic heterocycles. The molecule has 0 saturated heterocycles.